The van der Waals surface area contributed by atoms with Gasteiger partial charge in [-0.05, 0) is 31.7 Å². The molecule has 4 unspecified atom stereocenters. The van der Waals surface area contributed by atoms with E-state index >= 15 is 0 Å². The molecule has 1 fully saturated rings. The molecule has 1 aliphatic heterocycles. The number of alkyl halides is 1. The Labute approximate surface area is 193 Å². The van der Waals surface area contributed by atoms with E-state index in [0.717, 1.165) is 23.7 Å². The van der Waals surface area contributed by atoms with Crippen molar-refractivity contribution in [3.05, 3.63) is 41.7 Å². The third kappa shape index (κ3) is 4.72. The summed E-state index contributed by atoms with van der Waals surface area (Å²) in [6.07, 6.45) is 6.36. The van der Waals surface area contributed by atoms with Crippen LogP contribution < -0.4 is 20.7 Å². The molecule has 2 aliphatic rings. The monoisotopic (exact) mass is 477 g/mol. The molecule has 1 aliphatic carbocycles. The molecule has 1 amide bonds. The van der Waals surface area contributed by atoms with Gasteiger partial charge in [0.25, 0.3) is 0 Å². The number of allylic oxidation sites excluding steroid dienone is 2. The molecular formula is C22H26ClFN5O2P. The summed E-state index contributed by atoms with van der Waals surface area (Å²) < 4.78 is 20.8. The van der Waals surface area contributed by atoms with Gasteiger partial charge in [-0.3, -0.25) is 9.69 Å². The maximum Gasteiger partial charge on any atom is 0.237 e. The fourth-order valence-corrected chi connectivity index (χ4v) is 4.55. The van der Waals surface area contributed by atoms with Gasteiger partial charge in [-0.2, -0.15) is 0 Å². The zero-order chi connectivity index (χ0) is 22.8. The molecular weight excluding hydrogens is 452 g/mol. The lowest BCUT2D eigenvalue weighted by Crippen LogP contribution is -2.51. The van der Waals surface area contributed by atoms with E-state index in [1.54, 1.807) is 25.3 Å². The maximum atomic E-state index is 14.5. The SMILES string of the molecule is CNC(=O)C1C[C@H](Oc2cc3c(NC4C=CC=C(Cl)C4F)ncnc3cc2P)CCN1C. The minimum Gasteiger partial charge on any atom is -0.490 e. The fraction of sp³-hybridized carbons (Fsp3) is 0.409. The average Bonchev–Trinajstić information content (AvgIpc) is 2.78. The van der Waals surface area contributed by atoms with Crippen molar-refractivity contribution in [2.75, 3.05) is 26.0 Å². The third-order valence-electron chi connectivity index (χ3n) is 5.89. The number of aromatic nitrogens is 2. The molecule has 4 rings (SSSR count). The summed E-state index contributed by atoms with van der Waals surface area (Å²) in [5, 5.41) is 7.57. The minimum atomic E-state index is -1.36. The number of likely N-dealkylation sites (N-methyl/N-ethyl adjacent to an activating group) is 2. The molecule has 10 heteroatoms. The number of rotatable bonds is 5. The van der Waals surface area contributed by atoms with Crippen LogP contribution in [0.3, 0.4) is 0 Å². The maximum absolute atomic E-state index is 14.5. The van der Waals surface area contributed by atoms with Crippen LogP contribution in [-0.2, 0) is 4.79 Å². The summed E-state index contributed by atoms with van der Waals surface area (Å²) in [4.78, 5) is 22.9. The molecule has 2 N–H and O–H groups in total. The predicted octanol–water partition coefficient (Wildman–Crippen LogP) is 2.53. The van der Waals surface area contributed by atoms with E-state index in [-0.39, 0.29) is 23.1 Å². The second-order valence-electron chi connectivity index (χ2n) is 8.01. The van der Waals surface area contributed by atoms with Crippen molar-refractivity contribution in [3.63, 3.8) is 0 Å². The highest BCUT2D eigenvalue weighted by Gasteiger charge is 2.32. The summed E-state index contributed by atoms with van der Waals surface area (Å²) in [7, 11) is 6.26. The van der Waals surface area contributed by atoms with Crippen LogP contribution in [0.5, 0.6) is 5.75 Å². The smallest absolute Gasteiger partial charge is 0.237 e. The van der Waals surface area contributed by atoms with Gasteiger partial charge in [0.1, 0.15) is 24.0 Å². The zero-order valence-corrected chi connectivity index (χ0v) is 19.8. The van der Waals surface area contributed by atoms with Crippen LogP contribution in [0.25, 0.3) is 10.9 Å². The number of carbonyl (C=O) groups excluding carboxylic acids is 1. The van der Waals surface area contributed by atoms with E-state index in [4.69, 9.17) is 16.3 Å². The predicted molar refractivity (Wildman–Crippen MR) is 128 cm³/mol. The summed E-state index contributed by atoms with van der Waals surface area (Å²) in [6.45, 7) is 0.763. The summed E-state index contributed by atoms with van der Waals surface area (Å²) in [6, 6.07) is 2.90. The topological polar surface area (TPSA) is 79.4 Å². The Bertz CT molecular complexity index is 1080. The molecule has 2 heterocycles. The van der Waals surface area contributed by atoms with Crippen molar-refractivity contribution in [1.82, 2.24) is 20.2 Å². The number of benzene rings is 1. The van der Waals surface area contributed by atoms with Crippen molar-refractivity contribution in [2.24, 2.45) is 0 Å². The van der Waals surface area contributed by atoms with E-state index in [9.17, 15) is 9.18 Å². The van der Waals surface area contributed by atoms with Crippen molar-refractivity contribution >= 4 is 48.8 Å². The molecule has 170 valence electrons. The first-order chi connectivity index (χ1) is 15.4. The van der Waals surface area contributed by atoms with Crippen LogP contribution in [0.4, 0.5) is 10.2 Å². The Kier molecular flexibility index (Phi) is 6.93. The van der Waals surface area contributed by atoms with Gasteiger partial charge in [-0.15, -0.1) is 9.24 Å². The highest BCUT2D eigenvalue weighted by atomic mass is 35.5. The number of halogens is 2. The molecule has 2 aromatic rings. The second-order valence-corrected chi connectivity index (χ2v) is 9.07. The van der Waals surface area contributed by atoms with Crippen molar-refractivity contribution in [3.8, 4) is 5.75 Å². The van der Waals surface area contributed by atoms with E-state index < -0.39 is 12.2 Å². The average molecular weight is 478 g/mol. The Balaban J connectivity index is 1.59. The standard InChI is InChI=1S/C22H26ClFN5O2P/c1-25-22(30)17-8-12(6-7-29(17)2)31-18-9-13-16(10-19(18)32)26-11-27-21(13)28-15-5-3-4-14(23)20(15)24/h3-5,9-12,15,17,20H,6-8,32H2,1-2H3,(H,25,30)(H,26,27,28)/t12-,15?,17?,20?/m1/s1. The lowest BCUT2D eigenvalue weighted by Gasteiger charge is -2.36. The van der Waals surface area contributed by atoms with E-state index in [1.807, 2.05) is 24.1 Å². The Morgan fingerprint density at radius 2 is 2.19 bits per heavy atom. The number of nitrogens with one attached hydrogen (secondary N) is 2. The molecule has 0 bridgehead atoms. The van der Waals surface area contributed by atoms with Gasteiger partial charge in [-0.1, -0.05) is 23.8 Å². The molecule has 5 atom stereocenters. The van der Waals surface area contributed by atoms with Crippen LogP contribution in [0.2, 0.25) is 0 Å². The number of amides is 1. The molecule has 7 nitrogen and oxygen atoms in total. The van der Waals surface area contributed by atoms with E-state index in [2.05, 4.69) is 29.8 Å². The van der Waals surface area contributed by atoms with E-state index in [1.165, 1.54) is 6.33 Å². The molecule has 32 heavy (non-hydrogen) atoms. The van der Waals surface area contributed by atoms with Crippen LogP contribution >= 0.6 is 20.8 Å². The number of ether oxygens (including phenoxy) is 1. The number of anilines is 1. The van der Waals surface area contributed by atoms with Gasteiger partial charge in [0, 0.05) is 30.7 Å². The van der Waals surface area contributed by atoms with Crippen molar-refractivity contribution < 1.29 is 13.9 Å². The van der Waals surface area contributed by atoms with Gasteiger partial charge < -0.3 is 15.4 Å². The van der Waals surface area contributed by atoms with Gasteiger partial charge in [-0.25, -0.2) is 14.4 Å². The molecule has 0 radical (unpaired) electrons. The first-order valence-corrected chi connectivity index (χ1v) is 11.4. The van der Waals surface area contributed by atoms with Crippen LogP contribution in [0, 0.1) is 0 Å². The molecule has 0 saturated carbocycles. The number of carbonyl (C=O) groups is 1. The Morgan fingerprint density at radius 1 is 1.38 bits per heavy atom. The minimum absolute atomic E-state index is 0.0145. The van der Waals surface area contributed by atoms with Gasteiger partial charge in [0.2, 0.25) is 5.91 Å². The van der Waals surface area contributed by atoms with E-state index in [0.29, 0.717) is 23.5 Å². The largest absolute Gasteiger partial charge is 0.490 e. The van der Waals surface area contributed by atoms with Gasteiger partial charge in [0.15, 0.2) is 6.17 Å². The summed E-state index contributed by atoms with van der Waals surface area (Å²) in [5.41, 5.74) is 0.711. The van der Waals surface area contributed by atoms with Crippen LogP contribution in [-0.4, -0.2) is 65.8 Å². The lowest BCUT2D eigenvalue weighted by atomic mass is 9.99. The summed E-state index contributed by atoms with van der Waals surface area (Å²) >= 11 is 5.96. The fourth-order valence-electron chi connectivity index (χ4n) is 4.03. The van der Waals surface area contributed by atoms with Crippen LogP contribution in [0.15, 0.2) is 41.7 Å². The number of piperidine rings is 1. The molecule has 1 saturated heterocycles. The Morgan fingerprint density at radius 3 is 2.97 bits per heavy atom. The van der Waals surface area contributed by atoms with Crippen LogP contribution in [0.1, 0.15) is 12.8 Å². The molecule has 1 aromatic heterocycles. The number of nitrogens with zero attached hydrogens (tertiary/aromatic N) is 3. The molecule has 1 aromatic carbocycles. The quantitative estimate of drug-likeness (QED) is 0.644. The van der Waals surface area contributed by atoms with Crippen molar-refractivity contribution in [1.29, 1.82) is 0 Å². The van der Waals surface area contributed by atoms with Gasteiger partial charge in [0.05, 0.1) is 22.6 Å². The first-order valence-electron chi connectivity index (χ1n) is 10.4. The Hall–Kier alpha value is -2.28. The third-order valence-corrected chi connectivity index (χ3v) is 6.67. The lowest BCUT2D eigenvalue weighted by molar-refractivity contribution is -0.127. The zero-order valence-electron chi connectivity index (χ0n) is 17.9. The van der Waals surface area contributed by atoms with Crippen molar-refractivity contribution in [2.45, 2.75) is 37.2 Å². The number of fused-ring (bicyclic) bond motifs is 1. The number of hydrogen-bond donors (Lipinski definition) is 2. The number of likely N-dealkylation sites (tertiary alicyclic amines) is 1. The second kappa shape index (κ2) is 9.69. The highest BCUT2D eigenvalue weighted by molar-refractivity contribution is 7.27. The normalized spacial score (nSPS) is 26.0. The highest BCUT2D eigenvalue weighted by Crippen LogP contribution is 2.30. The first kappa shape index (κ1) is 22.9. The molecule has 0 spiro atoms. The van der Waals surface area contributed by atoms with Gasteiger partial charge >= 0.3 is 0 Å². The summed E-state index contributed by atoms with van der Waals surface area (Å²) in [5.74, 6) is 1.15. The number of hydrogen-bond acceptors (Lipinski definition) is 6.